The van der Waals surface area contributed by atoms with Crippen molar-refractivity contribution in [2.45, 2.75) is 6.54 Å². The number of nitrogens with zero attached hydrogens (tertiary/aromatic N) is 2. The molecule has 0 fully saturated rings. The van der Waals surface area contributed by atoms with E-state index in [2.05, 4.69) is 9.71 Å². The molecule has 22 heavy (non-hydrogen) atoms. The molecule has 0 saturated heterocycles. The third-order valence-corrected chi connectivity index (χ3v) is 4.11. The van der Waals surface area contributed by atoms with E-state index in [0.29, 0.717) is 13.1 Å². The molecule has 6 heteroatoms. The van der Waals surface area contributed by atoms with Crippen molar-refractivity contribution >= 4 is 21.1 Å². The van der Waals surface area contributed by atoms with Crippen molar-refractivity contribution in [3.63, 3.8) is 0 Å². The zero-order chi connectivity index (χ0) is 15.6. The first-order valence-corrected chi connectivity index (χ1v) is 8.89. The third-order valence-electron chi connectivity index (χ3n) is 3.39. The Morgan fingerprint density at radius 1 is 1.05 bits per heavy atom. The number of imidazole rings is 1. The van der Waals surface area contributed by atoms with Gasteiger partial charge in [0, 0.05) is 18.7 Å². The van der Waals surface area contributed by atoms with E-state index in [0.717, 1.165) is 28.7 Å². The Morgan fingerprint density at radius 2 is 1.73 bits per heavy atom. The number of nitrogens with one attached hydrogen (secondary N) is 1. The van der Waals surface area contributed by atoms with E-state index in [1.54, 1.807) is 0 Å². The molecule has 114 valence electrons. The van der Waals surface area contributed by atoms with Gasteiger partial charge in [-0.2, -0.15) is 0 Å². The van der Waals surface area contributed by atoms with Gasteiger partial charge in [-0.25, -0.2) is 18.1 Å². The maximum Gasteiger partial charge on any atom is 0.208 e. The molecule has 0 radical (unpaired) electrons. The molecule has 0 amide bonds. The number of hydrogen-bond acceptors (Lipinski definition) is 3. The molecule has 5 nitrogen and oxygen atoms in total. The molecule has 3 rings (SSSR count). The van der Waals surface area contributed by atoms with Gasteiger partial charge >= 0.3 is 0 Å². The lowest BCUT2D eigenvalue weighted by atomic mass is 10.2. The molecule has 0 aliphatic heterocycles. The zero-order valence-electron chi connectivity index (χ0n) is 12.2. The summed E-state index contributed by atoms with van der Waals surface area (Å²) in [4.78, 5) is 4.68. The molecule has 0 unspecified atom stereocenters. The topological polar surface area (TPSA) is 64.0 Å². The first-order valence-electron chi connectivity index (χ1n) is 7.00. The first-order chi connectivity index (χ1) is 10.5. The minimum Gasteiger partial charge on any atom is -0.323 e. The van der Waals surface area contributed by atoms with E-state index in [1.807, 2.05) is 59.2 Å². The summed E-state index contributed by atoms with van der Waals surface area (Å²) < 4.78 is 27.1. The predicted octanol–water partition coefficient (Wildman–Crippen LogP) is 2.25. The maximum atomic E-state index is 11.2. The van der Waals surface area contributed by atoms with Crippen LogP contribution in [0.5, 0.6) is 0 Å². The van der Waals surface area contributed by atoms with E-state index in [-0.39, 0.29) is 0 Å². The molecular formula is C16H17N3O2S. The van der Waals surface area contributed by atoms with E-state index in [9.17, 15) is 8.42 Å². The molecule has 0 aliphatic rings. The summed E-state index contributed by atoms with van der Waals surface area (Å²) in [6, 6.07) is 17.8. The van der Waals surface area contributed by atoms with Crippen LogP contribution in [-0.2, 0) is 16.6 Å². The number of fused-ring (bicyclic) bond motifs is 1. The lowest BCUT2D eigenvalue weighted by Gasteiger charge is -2.09. The number of hydrogen-bond donors (Lipinski definition) is 1. The Hall–Kier alpha value is -2.18. The molecular weight excluding hydrogens is 298 g/mol. The molecule has 0 atom stereocenters. The highest BCUT2D eigenvalue weighted by Crippen LogP contribution is 2.24. The van der Waals surface area contributed by atoms with Crippen LogP contribution in [0.25, 0.3) is 22.4 Å². The maximum absolute atomic E-state index is 11.2. The second-order valence-electron chi connectivity index (χ2n) is 5.11. The van der Waals surface area contributed by atoms with Crippen LogP contribution in [0.2, 0.25) is 0 Å². The summed E-state index contributed by atoms with van der Waals surface area (Å²) in [6.07, 6.45) is 1.16. The van der Waals surface area contributed by atoms with Gasteiger partial charge in [0.1, 0.15) is 5.82 Å². The number of rotatable bonds is 5. The van der Waals surface area contributed by atoms with Crippen molar-refractivity contribution in [3.8, 4) is 11.4 Å². The zero-order valence-corrected chi connectivity index (χ0v) is 13.0. The summed E-state index contributed by atoms with van der Waals surface area (Å²) in [5, 5.41) is 0. The molecule has 0 aliphatic carbocycles. The molecule has 0 bridgehead atoms. The van der Waals surface area contributed by atoms with Crippen LogP contribution in [0, 0.1) is 0 Å². The molecule has 1 N–H and O–H groups in total. The Balaban J connectivity index is 2.02. The largest absolute Gasteiger partial charge is 0.323 e. The Bertz CT molecular complexity index is 886. The highest BCUT2D eigenvalue weighted by atomic mass is 32.2. The lowest BCUT2D eigenvalue weighted by Crippen LogP contribution is -2.26. The average Bonchev–Trinajstić information content (AvgIpc) is 2.86. The second-order valence-corrected chi connectivity index (χ2v) is 6.94. The van der Waals surface area contributed by atoms with E-state index in [1.165, 1.54) is 0 Å². The van der Waals surface area contributed by atoms with Crippen LogP contribution in [0.15, 0.2) is 54.6 Å². The monoisotopic (exact) mass is 315 g/mol. The van der Waals surface area contributed by atoms with Crippen molar-refractivity contribution in [2.24, 2.45) is 0 Å². The summed E-state index contributed by atoms with van der Waals surface area (Å²) >= 11 is 0. The van der Waals surface area contributed by atoms with E-state index < -0.39 is 10.0 Å². The van der Waals surface area contributed by atoms with Gasteiger partial charge in [0.05, 0.1) is 17.3 Å². The summed E-state index contributed by atoms with van der Waals surface area (Å²) in [7, 11) is -3.19. The van der Waals surface area contributed by atoms with Crippen LogP contribution >= 0.6 is 0 Å². The van der Waals surface area contributed by atoms with Gasteiger partial charge in [-0.15, -0.1) is 0 Å². The average molecular weight is 315 g/mol. The minimum absolute atomic E-state index is 0.332. The fraction of sp³-hybridized carbons (Fsp3) is 0.188. The summed E-state index contributed by atoms with van der Waals surface area (Å²) in [5.41, 5.74) is 2.91. The fourth-order valence-electron chi connectivity index (χ4n) is 2.45. The summed E-state index contributed by atoms with van der Waals surface area (Å²) in [6.45, 7) is 0.858. The Morgan fingerprint density at radius 3 is 2.45 bits per heavy atom. The standard InChI is InChI=1S/C16H17N3O2S/c1-22(20,21)17-11-12-19-15-10-6-5-9-14(15)18-16(19)13-7-3-2-4-8-13/h2-10,17H,11-12H2,1H3. The van der Waals surface area contributed by atoms with Crippen LogP contribution in [0.1, 0.15) is 0 Å². The normalized spacial score (nSPS) is 11.9. The van der Waals surface area contributed by atoms with Gasteiger partial charge in [-0.3, -0.25) is 0 Å². The van der Waals surface area contributed by atoms with Gasteiger partial charge in [0.2, 0.25) is 10.0 Å². The number of aromatic nitrogens is 2. The van der Waals surface area contributed by atoms with Crippen LogP contribution in [-0.4, -0.2) is 30.8 Å². The third kappa shape index (κ3) is 3.18. The van der Waals surface area contributed by atoms with Crippen LogP contribution in [0.3, 0.4) is 0 Å². The molecule has 1 aromatic heterocycles. The predicted molar refractivity (Wildman–Crippen MR) is 88.0 cm³/mol. The van der Waals surface area contributed by atoms with E-state index in [4.69, 9.17) is 0 Å². The second kappa shape index (κ2) is 5.90. The van der Waals surface area contributed by atoms with Gasteiger partial charge in [-0.05, 0) is 12.1 Å². The van der Waals surface area contributed by atoms with Gasteiger partial charge in [0.25, 0.3) is 0 Å². The van der Waals surface area contributed by atoms with Crippen LogP contribution < -0.4 is 4.72 Å². The van der Waals surface area contributed by atoms with Gasteiger partial charge in [-0.1, -0.05) is 42.5 Å². The first kappa shape index (κ1) is 14.7. The van der Waals surface area contributed by atoms with Crippen LogP contribution in [0.4, 0.5) is 0 Å². The molecule has 3 aromatic rings. The summed E-state index contributed by atoms with van der Waals surface area (Å²) in [5.74, 6) is 0.845. The highest BCUT2D eigenvalue weighted by molar-refractivity contribution is 7.88. The van der Waals surface area contributed by atoms with E-state index >= 15 is 0 Å². The minimum atomic E-state index is -3.19. The molecule has 1 heterocycles. The van der Waals surface area contributed by atoms with Crippen molar-refractivity contribution in [3.05, 3.63) is 54.6 Å². The van der Waals surface area contributed by atoms with Crippen molar-refractivity contribution < 1.29 is 8.42 Å². The van der Waals surface area contributed by atoms with Crippen molar-refractivity contribution in [2.75, 3.05) is 12.8 Å². The fourth-order valence-corrected chi connectivity index (χ4v) is 2.91. The Kier molecular flexibility index (Phi) is 3.96. The highest BCUT2D eigenvalue weighted by Gasteiger charge is 2.12. The van der Waals surface area contributed by atoms with Gasteiger partial charge in [0.15, 0.2) is 0 Å². The molecule has 2 aromatic carbocycles. The van der Waals surface area contributed by atoms with Gasteiger partial charge < -0.3 is 4.57 Å². The van der Waals surface area contributed by atoms with Crippen molar-refractivity contribution in [1.82, 2.24) is 14.3 Å². The smallest absolute Gasteiger partial charge is 0.208 e. The number of sulfonamides is 1. The molecule has 0 spiro atoms. The molecule has 0 saturated carbocycles. The lowest BCUT2D eigenvalue weighted by molar-refractivity contribution is 0.580. The number of para-hydroxylation sites is 2. The SMILES string of the molecule is CS(=O)(=O)NCCn1c(-c2ccccc2)nc2ccccc21. The Labute approximate surface area is 129 Å². The number of benzene rings is 2. The quantitative estimate of drug-likeness (QED) is 0.785. The van der Waals surface area contributed by atoms with Crippen molar-refractivity contribution in [1.29, 1.82) is 0 Å².